The molecule has 1 aromatic rings. The molecule has 1 fully saturated rings. The average molecular weight is 273 g/mol. The van der Waals surface area contributed by atoms with Crippen molar-refractivity contribution in [3.05, 3.63) is 35.4 Å². The van der Waals surface area contributed by atoms with Crippen LogP contribution in [0.15, 0.2) is 24.3 Å². The van der Waals surface area contributed by atoms with Crippen LogP contribution < -0.4 is 5.32 Å². The van der Waals surface area contributed by atoms with E-state index in [1.807, 2.05) is 0 Å². The maximum absolute atomic E-state index is 3.75. The van der Waals surface area contributed by atoms with Crippen molar-refractivity contribution >= 4 is 0 Å². The molecule has 20 heavy (non-hydrogen) atoms. The molecule has 1 N–H and O–H groups in total. The van der Waals surface area contributed by atoms with Crippen molar-refractivity contribution < 1.29 is 0 Å². The molecule has 0 spiro atoms. The molecule has 0 radical (unpaired) electrons. The summed E-state index contributed by atoms with van der Waals surface area (Å²) in [7, 11) is 0. The van der Waals surface area contributed by atoms with Crippen molar-refractivity contribution in [1.82, 2.24) is 5.32 Å². The normalized spacial score (nSPS) is 24.6. The van der Waals surface area contributed by atoms with Gasteiger partial charge in [-0.15, -0.1) is 0 Å². The van der Waals surface area contributed by atoms with Gasteiger partial charge < -0.3 is 5.32 Å². The zero-order chi connectivity index (χ0) is 14.4. The summed E-state index contributed by atoms with van der Waals surface area (Å²) in [5.74, 6) is 1.85. The fourth-order valence-corrected chi connectivity index (χ4v) is 3.64. The summed E-state index contributed by atoms with van der Waals surface area (Å²) < 4.78 is 0. The lowest BCUT2D eigenvalue weighted by atomic mass is 9.78. The number of aryl methyl sites for hydroxylation is 2. The Bertz CT molecular complexity index is 391. The second kappa shape index (κ2) is 7.83. The van der Waals surface area contributed by atoms with Gasteiger partial charge in [-0.25, -0.2) is 0 Å². The zero-order valence-corrected chi connectivity index (χ0v) is 13.5. The van der Waals surface area contributed by atoms with Crippen LogP contribution in [0.25, 0.3) is 0 Å². The molecular formula is C19H31N. The number of hydrogen-bond acceptors (Lipinski definition) is 1. The van der Waals surface area contributed by atoms with Crippen molar-refractivity contribution in [2.75, 3.05) is 6.54 Å². The van der Waals surface area contributed by atoms with Gasteiger partial charge in [-0.2, -0.15) is 0 Å². The topological polar surface area (TPSA) is 12.0 Å². The Labute approximate surface area is 125 Å². The lowest BCUT2D eigenvalue weighted by Crippen LogP contribution is -2.38. The Balaban J connectivity index is 1.88. The van der Waals surface area contributed by atoms with Crippen molar-refractivity contribution in [2.45, 2.75) is 65.3 Å². The quantitative estimate of drug-likeness (QED) is 0.790. The lowest BCUT2D eigenvalue weighted by molar-refractivity contribution is 0.224. The highest BCUT2D eigenvalue weighted by molar-refractivity contribution is 5.22. The molecular weight excluding hydrogens is 242 g/mol. The van der Waals surface area contributed by atoms with Crippen LogP contribution in [0.1, 0.15) is 57.1 Å². The molecule has 1 heteroatoms. The van der Waals surface area contributed by atoms with Gasteiger partial charge in [0.25, 0.3) is 0 Å². The molecule has 0 heterocycles. The second-order valence-corrected chi connectivity index (χ2v) is 6.71. The number of nitrogens with one attached hydrogen (secondary N) is 1. The summed E-state index contributed by atoms with van der Waals surface area (Å²) in [4.78, 5) is 0. The van der Waals surface area contributed by atoms with E-state index < -0.39 is 0 Å². The van der Waals surface area contributed by atoms with Crippen LogP contribution in [0.4, 0.5) is 0 Å². The van der Waals surface area contributed by atoms with Gasteiger partial charge in [-0.1, -0.05) is 56.5 Å². The van der Waals surface area contributed by atoms with Gasteiger partial charge in [-0.3, -0.25) is 0 Å². The van der Waals surface area contributed by atoms with Crippen molar-refractivity contribution in [2.24, 2.45) is 11.8 Å². The highest BCUT2D eigenvalue weighted by Gasteiger charge is 2.25. The van der Waals surface area contributed by atoms with Crippen molar-refractivity contribution in [3.8, 4) is 0 Å². The van der Waals surface area contributed by atoms with E-state index in [2.05, 4.69) is 50.4 Å². The molecule has 0 amide bonds. The van der Waals surface area contributed by atoms with Gasteiger partial charge in [0.1, 0.15) is 0 Å². The van der Waals surface area contributed by atoms with Gasteiger partial charge in [0, 0.05) is 6.04 Å². The molecule has 0 aromatic heterocycles. The van der Waals surface area contributed by atoms with Crippen LogP contribution in [0, 0.1) is 18.8 Å². The Morgan fingerprint density at radius 1 is 1.20 bits per heavy atom. The summed E-state index contributed by atoms with van der Waals surface area (Å²) in [5.41, 5.74) is 2.88. The fourth-order valence-electron chi connectivity index (χ4n) is 3.64. The van der Waals surface area contributed by atoms with E-state index in [0.29, 0.717) is 6.04 Å². The highest BCUT2D eigenvalue weighted by atomic mass is 14.9. The Kier molecular flexibility index (Phi) is 6.09. The number of hydrogen-bond donors (Lipinski definition) is 1. The largest absolute Gasteiger partial charge is 0.314 e. The van der Waals surface area contributed by atoms with Crippen LogP contribution in [0.3, 0.4) is 0 Å². The first-order chi connectivity index (χ1) is 9.69. The fraction of sp³-hybridized carbons (Fsp3) is 0.684. The minimum absolute atomic E-state index is 0.716. The molecule has 0 saturated heterocycles. The second-order valence-electron chi connectivity index (χ2n) is 6.71. The third-order valence-electron chi connectivity index (χ3n) is 4.92. The van der Waals surface area contributed by atoms with Crippen LogP contribution in [0.2, 0.25) is 0 Å². The van der Waals surface area contributed by atoms with Gasteiger partial charge in [0.05, 0.1) is 0 Å². The van der Waals surface area contributed by atoms with E-state index in [1.165, 1.54) is 49.7 Å². The molecule has 1 aliphatic rings. The molecule has 0 bridgehead atoms. The predicted octanol–water partition coefficient (Wildman–Crippen LogP) is 4.73. The predicted molar refractivity (Wildman–Crippen MR) is 88.1 cm³/mol. The maximum Gasteiger partial charge on any atom is 0.00983 e. The minimum atomic E-state index is 0.716. The molecule has 112 valence electrons. The molecule has 1 unspecified atom stereocenters. The Morgan fingerprint density at radius 2 is 1.95 bits per heavy atom. The van der Waals surface area contributed by atoms with Gasteiger partial charge in [0.15, 0.2) is 0 Å². The van der Waals surface area contributed by atoms with E-state index in [9.17, 15) is 0 Å². The third kappa shape index (κ3) is 4.63. The van der Waals surface area contributed by atoms with E-state index in [4.69, 9.17) is 0 Å². The van der Waals surface area contributed by atoms with Crippen LogP contribution in [0.5, 0.6) is 0 Å². The number of benzene rings is 1. The van der Waals surface area contributed by atoms with E-state index in [0.717, 1.165) is 18.4 Å². The van der Waals surface area contributed by atoms with Gasteiger partial charge in [-0.05, 0) is 56.6 Å². The van der Waals surface area contributed by atoms with Crippen LogP contribution in [-0.4, -0.2) is 12.6 Å². The third-order valence-corrected chi connectivity index (χ3v) is 4.92. The molecule has 1 aromatic carbocycles. The molecule has 1 atom stereocenters. The first kappa shape index (κ1) is 15.6. The summed E-state index contributed by atoms with van der Waals surface area (Å²) in [6.07, 6.45) is 8.20. The zero-order valence-electron chi connectivity index (χ0n) is 13.5. The van der Waals surface area contributed by atoms with Crippen molar-refractivity contribution in [1.29, 1.82) is 0 Å². The minimum Gasteiger partial charge on any atom is -0.314 e. The monoisotopic (exact) mass is 273 g/mol. The molecule has 2 rings (SSSR count). The van der Waals surface area contributed by atoms with Crippen molar-refractivity contribution in [3.63, 3.8) is 0 Å². The first-order valence-electron chi connectivity index (χ1n) is 8.48. The standard InChI is InChI=1S/C19H31N/c1-4-20-19(18-11-8-15(2)9-12-18)13-10-17-7-5-6-16(3)14-17/h5-7,14-15,18-20H,4,8-13H2,1-3H3. The molecule has 1 saturated carbocycles. The van der Waals surface area contributed by atoms with E-state index in [-0.39, 0.29) is 0 Å². The Morgan fingerprint density at radius 3 is 2.60 bits per heavy atom. The smallest absolute Gasteiger partial charge is 0.00983 e. The Hall–Kier alpha value is -0.820. The average Bonchev–Trinajstić information content (AvgIpc) is 2.44. The van der Waals surface area contributed by atoms with E-state index in [1.54, 1.807) is 0 Å². The maximum atomic E-state index is 3.75. The SMILES string of the molecule is CCNC(CCc1cccc(C)c1)C1CCC(C)CC1. The summed E-state index contributed by atoms with van der Waals surface area (Å²) in [6, 6.07) is 9.71. The molecule has 0 aliphatic heterocycles. The van der Waals surface area contributed by atoms with Gasteiger partial charge in [0.2, 0.25) is 0 Å². The first-order valence-corrected chi connectivity index (χ1v) is 8.48. The number of rotatable bonds is 6. The van der Waals surface area contributed by atoms with E-state index >= 15 is 0 Å². The summed E-state index contributed by atoms with van der Waals surface area (Å²) >= 11 is 0. The molecule has 1 nitrogen and oxygen atoms in total. The lowest BCUT2D eigenvalue weighted by Gasteiger charge is -2.33. The molecule has 1 aliphatic carbocycles. The van der Waals surface area contributed by atoms with Crippen LogP contribution >= 0.6 is 0 Å². The highest BCUT2D eigenvalue weighted by Crippen LogP contribution is 2.31. The van der Waals surface area contributed by atoms with Gasteiger partial charge >= 0.3 is 0 Å². The summed E-state index contributed by atoms with van der Waals surface area (Å²) in [6.45, 7) is 7.94. The van der Waals surface area contributed by atoms with Crippen LogP contribution in [-0.2, 0) is 6.42 Å². The summed E-state index contributed by atoms with van der Waals surface area (Å²) in [5, 5.41) is 3.75.